The Kier molecular flexibility index (Phi) is 15.0. The molecule has 3 aromatic carbocycles. The minimum Gasteiger partial charge on any atom is -0.494 e. The summed E-state index contributed by atoms with van der Waals surface area (Å²) in [5.74, 6) is 1.37. The van der Waals surface area contributed by atoms with Crippen LogP contribution in [0.2, 0.25) is 0 Å². The molecule has 2 aliphatic rings. The van der Waals surface area contributed by atoms with E-state index in [9.17, 15) is 9.00 Å². The lowest BCUT2D eigenvalue weighted by Crippen LogP contribution is -2.16. The van der Waals surface area contributed by atoms with Crippen LogP contribution in [0.4, 0.5) is 0 Å². The molecule has 2 unspecified atom stereocenters. The summed E-state index contributed by atoms with van der Waals surface area (Å²) in [5.41, 5.74) is 8.33. The zero-order valence-electron chi connectivity index (χ0n) is 25.7. The third kappa shape index (κ3) is 9.17. The molecule has 1 aliphatic carbocycles. The molecule has 9 heteroatoms. The third-order valence-corrected chi connectivity index (χ3v) is 7.97. The Morgan fingerprint density at radius 2 is 1.63 bits per heavy atom. The van der Waals surface area contributed by atoms with Crippen LogP contribution in [0.1, 0.15) is 74.0 Å². The highest BCUT2D eigenvalue weighted by Gasteiger charge is 2.28. The molecule has 0 saturated carbocycles. The normalized spacial score (nSPS) is 16.0. The van der Waals surface area contributed by atoms with Crippen molar-refractivity contribution in [2.75, 3.05) is 12.9 Å². The Hall–Kier alpha value is -3.65. The van der Waals surface area contributed by atoms with E-state index in [4.69, 9.17) is 19.1 Å². The molecular formula is C34H41NO6S2. The Morgan fingerprint density at radius 3 is 2.19 bits per heavy atom. The van der Waals surface area contributed by atoms with Crippen LogP contribution in [0.5, 0.6) is 11.5 Å². The molecule has 0 saturated heterocycles. The number of aryl methyl sites for hydroxylation is 2. The number of thiol groups is 1. The Morgan fingerprint density at radius 1 is 1.00 bits per heavy atom. The first-order chi connectivity index (χ1) is 20.9. The van der Waals surface area contributed by atoms with Gasteiger partial charge in [0.25, 0.3) is 5.91 Å². The van der Waals surface area contributed by atoms with Crippen molar-refractivity contribution in [3.8, 4) is 22.6 Å². The van der Waals surface area contributed by atoms with Gasteiger partial charge in [-0.1, -0.05) is 57.5 Å². The van der Waals surface area contributed by atoms with Crippen LogP contribution in [0.15, 0.2) is 60.7 Å². The van der Waals surface area contributed by atoms with Crippen LogP contribution >= 0.6 is 12.6 Å². The summed E-state index contributed by atoms with van der Waals surface area (Å²) in [4.78, 5) is 28.2. The standard InChI is InChI=1S/C30H31NO4S.C2H6.CO2.CH4S/c1-4-5-15-34-23-16-19(2)30(20(3)17-23)26-8-6-7-25-24(26)13-14-27(25)35-22-11-9-21(10-12-22)28-18-29(32)31-36(28)33;1-2;2-1-3;1-2/h6-12,16-18,27H,4-5,13-15H2,1-3H3,(H,31,32);1-2H3;;2H,1H3. The van der Waals surface area contributed by atoms with Crippen LogP contribution in [0.3, 0.4) is 0 Å². The second-order valence-electron chi connectivity index (χ2n) is 9.50. The van der Waals surface area contributed by atoms with Crippen molar-refractivity contribution in [3.63, 3.8) is 0 Å². The number of carbonyl (C=O) groups excluding carboxylic acids is 3. The van der Waals surface area contributed by atoms with Gasteiger partial charge in [-0.05, 0) is 103 Å². The molecule has 0 aromatic heterocycles. The Labute approximate surface area is 263 Å². The number of hydrogen-bond donors (Lipinski definition) is 2. The average Bonchev–Trinajstić information content (AvgIpc) is 3.58. The van der Waals surface area contributed by atoms with Gasteiger partial charge < -0.3 is 9.47 Å². The molecular weight excluding hydrogens is 583 g/mol. The van der Waals surface area contributed by atoms with Gasteiger partial charge in [0.2, 0.25) is 0 Å². The fraction of sp³-hybridized carbons (Fsp3) is 0.353. The van der Waals surface area contributed by atoms with E-state index in [1.807, 2.05) is 38.1 Å². The summed E-state index contributed by atoms with van der Waals surface area (Å²) in [6.07, 6.45) is 7.36. The van der Waals surface area contributed by atoms with Crippen molar-refractivity contribution in [1.82, 2.24) is 4.72 Å². The number of carbonyl (C=O) groups is 1. The minimum absolute atomic E-state index is 0.0221. The maximum Gasteiger partial charge on any atom is 0.373 e. The molecule has 0 spiro atoms. The van der Waals surface area contributed by atoms with Crippen molar-refractivity contribution in [1.29, 1.82) is 0 Å². The number of hydrogen-bond acceptors (Lipinski definition) is 7. The number of nitrogens with one attached hydrogen (secondary N) is 1. The zero-order valence-corrected chi connectivity index (χ0v) is 27.4. The van der Waals surface area contributed by atoms with Crippen LogP contribution < -0.4 is 14.2 Å². The van der Waals surface area contributed by atoms with Gasteiger partial charge in [-0.2, -0.15) is 22.2 Å². The number of amides is 1. The average molecular weight is 624 g/mol. The van der Waals surface area contributed by atoms with E-state index in [-0.39, 0.29) is 18.2 Å². The summed E-state index contributed by atoms with van der Waals surface area (Å²) >= 11 is 3.53. The lowest BCUT2D eigenvalue weighted by molar-refractivity contribution is -0.191. The lowest BCUT2D eigenvalue weighted by Gasteiger charge is -2.18. The number of benzene rings is 3. The highest BCUT2D eigenvalue weighted by atomic mass is 32.2. The van der Waals surface area contributed by atoms with Crippen molar-refractivity contribution >= 4 is 40.6 Å². The fourth-order valence-corrected chi connectivity index (χ4v) is 6.06. The SMILES string of the molecule is CC.CCCCOc1cc(C)c(-c2cccc3c2CCC3Oc2ccc(C3=CC(=O)NS3=O)cc2)c(C)c1.CS.O=C=O. The first-order valence-electron chi connectivity index (χ1n) is 14.4. The predicted molar refractivity (Wildman–Crippen MR) is 175 cm³/mol. The molecule has 43 heavy (non-hydrogen) atoms. The zero-order chi connectivity index (χ0) is 31.9. The van der Waals surface area contributed by atoms with Crippen LogP contribution in [-0.2, 0) is 31.8 Å². The quantitative estimate of drug-likeness (QED) is 0.201. The van der Waals surface area contributed by atoms with E-state index in [0.29, 0.717) is 4.91 Å². The molecule has 1 N–H and O–H groups in total. The van der Waals surface area contributed by atoms with Gasteiger partial charge in [0.1, 0.15) is 17.6 Å². The summed E-state index contributed by atoms with van der Waals surface area (Å²) in [6.45, 7) is 11.2. The van der Waals surface area contributed by atoms with Gasteiger partial charge in [0.05, 0.1) is 11.5 Å². The van der Waals surface area contributed by atoms with E-state index in [1.165, 1.54) is 39.5 Å². The molecule has 1 amide bonds. The maximum absolute atomic E-state index is 12.0. The minimum atomic E-state index is -1.50. The number of unbranched alkanes of at least 4 members (excludes halogenated alkanes) is 1. The number of fused-ring (bicyclic) bond motifs is 1. The third-order valence-electron chi connectivity index (χ3n) is 6.83. The van der Waals surface area contributed by atoms with E-state index in [1.54, 1.807) is 6.26 Å². The first kappa shape index (κ1) is 35.5. The van der Waals surface area contributed by atoms with Crippen molar-refractivity contribution in [2.24, 2.45) is 0 Å². The van der Waals surface area contributed by atoms with Gasteiger partial charge in [0.15, 0.2) is 11.0 Å². The molecule has 2 atom stereocenters. The molecule has 7 nitrogen and oxygen atoms in total. The summed E-state index contributed by atoms with van der Waals surface area (Å²) in [6, 6.07) is 18.3. The van der Waals surface area contributed by atoms with E-state index < -0.39 is 11.0 Å². The van der Waals surface area contributed by atoms with Crippen LogP contribution in [0, 0.1) is 13.8 Å². The smallest absolute Gasteiger partial charge is 0.373 e. The topological polar surface area (TPSA) is 98.8 Å². The Bertz CT molecular complexity index is 1440. The molecule has 1 heterocycles. The number of rotatable bonds is 8. The molecule has 5 rings (SSSR count). The first-order valence-corrected chi connectivity index (χ1v) is 16.4. The van der Waals surface area contributed by atoms with Crippen molar-refractivity contribution < 1.29 is 28.1 Å². The van der Waals surface area contributed by atoms with E-state index in [2.05, 4.69) is 68.5 Å². The molecule has 0 radical (unpaired) electrons. The monoisotopic (exact) mass is 623 g/mol. The van der Waals surface area contributed by atoms with Crippen molar-refractivity contribution in [2.45, 2.75) is 66.4 Å². The van der Waals surface area contributed by atoms with Gasteiger partial charge >= 0.3 is 6.15 Å². The molecule has 0 bridgehead atoms. The number of ether oxygens (including phenoxy) is 2. The maximum atomic E-state index is 12.0. The van der Waals surface area contributed by atoms with Crippen molar-refractivity contribution in [3.05, 3.63) is 88.5 Å². The van der Waals surface area contributed by atoms with Gasteiger partial charge in [0, 0.05) is 6.08 Å². The largest absolute Gasteiger partial charge is 0.494 e. The van der Waals surface area contributed by atoms with Gasteiger partial charge in [-0.15, -0.1) is 0 Å². The van der Waals surface area contributed by atoms with Gasteiger partial charge in [-0.25, -0.2) is 4.21 Å². The summed E-state index contributed by atoms with van der Waals surface area (Å²) < 4.78 is 26.8. The highest BCUT2D eigenvalue weighted by molar-refractivity contribution is 7.94. The van der Waals surface area contributed by atoms with Crippen LogP contribution in [-0.4, -0.2) is 29.1 Å². The summed E-state index contributed by atoms with van der Waals surface area (Å²) in [7, 11) is -1.50. The van der Waals surface area contributed by atoms with E-state index >= 15 is 0 Å². The molecule has 0 fully saturated rings. The highest BCUT2D eigenvalue weighted by Crippen LogP contribution is 2.42. The fourth-order valence-electron chi connectivity index (χ4n) is 5.14. The van der Waals surface area contributed by atoms with Gasteiger partial charge in [-0.3, -0.25) is 9.52 Å². The second kappa shape index (κ2) is 18.1. The lowest BCUT2D eigenvalue weighted by atomic mass is 9.90. The second-order valence-corrected chi connectivity index (χ2v) is 10.7. The van der Waals surface area contributed by atoms with E-state index in [0.717, 1.165) is 49.4 Å². The molecule has 1 aliphatic heterocycles. The summed E-state index contributed by atoms with van der Waals surface area (Å²) in [5, 5.41) is 0. The Balaban J connectivity index is 0.000000853. The molecule has 3 aromatic rings. The predicted octanol–water partition coefficient (Wildman–Crippen LogP) is 7.34. The molecule has 230 valence electrons. The van der Waals surface area contributed by atoms with Crippen LogP contribution in [0.25, 0.3) is 16.0 Å².